The van der Waals surface area contributed by atoms with Crippen molar-refractivity contribution in [2.24, 2.45) is 16.7 Å². The first kappa shape index (κ1) is 19.4. The molecule has 2 aliphatic heterocycles. The van der Waals surface area contributed by atoms with Crippen LogP contribution in [0.4, 0.5) is 0 Å². The van der Waals surface area contributed by atoms with E-state index in [0.717, 1.165) is 6.42 Å². The Morgan fingerprint density at radius 3 is 2.35 bits per heavy atom. The van der Waals surface area contributed by atoms with Gasteiger partial charge in [0.05, 0.1) is 26.9 Å². The van der Waals surface area contributed by atoms with E-state index in [1.165, 1.54) is 17.6 Å². The first-order chi connectivity index (χ1) is 11.8. The summed E-state index contributed by atoms with van der Waals surface area (Å²) in [6.45, 7) is 19.1. The van der Waals surface area contributed by atoms with Crippen LogP contribution in [0.5, 0.6) is 0 Å². The molecule has 0 aromatic rings. The van der Waals surface area contributed by atoms with Gasteiger partial charge in [-0.25, -0.2) is 0 Å². The van der Waals surface area contributed by atoms with Gasteiger partial charge in [-0.2, -0.15) is 0 Å². The zero-order valence-corrected chi connectivity index (χ0v) is 19.4. The zero-order chi connectivity index (χ0) is 19.3. The minimum absolute atomic E-state index is 0.00875. The summed E-state index contributed by atoms with van der Waals surface area (Å²) in [7, 11) is -1.60. The van der Waals surface area contributed by atoms with Crippen LogP contribution in [-0.2, 0) is 14.2 Å². The van der Waals surface area contributed by atoms with Crippen LogP contribution in [0.25, 0.3) is 0 Å². The Morgan fingerprint density at radius 2 is 1.73 bits per heavy atom. The van der Waals surface area contributed by atoms with Gasteiger partial charge in [0.2, 0.25) is 0 Å². The van der Waals surface area contributed by atoms with E-state index >= 15 is 0 Å². The molecule has 3 fully saturated rings. The maximum absolute atomic E-state index is 7.16. The van der Waals surface area contributed by atoms with Gasteiger partial charge in [0.15, 0.2) is 5.79 Å². The molecular weight excluding hydrogens is 364 g/mol. The predicted octanol–water partition coefficient (Wildman–Crippen LogP) is 5.14. The lowest BCUT2D eigenvalue weighted by atomic mass is 9.49. The number of hydrogen-bond acceptors (Lipinski definition) is 3. The third kappa shape index (κ3) is 2.55. The molecule has 1 unspecified atom stereocenters. The third-order valence-electron chi connectivity index (χ3n) is 7.43. The summed E-state index contributed by atoms with van der Waals surface area (Å²) in [6, 6.07) is 0. The van der Waals surface area contributed by atoms with E-state index in [4.69, 9.17) is 25.8 Å². The van der Waals surface area contributed by atoms with Crippen LogP contribution in [-0.4, -0.2) is 43.8 Å². The van der Waals surface area contributed by atoms with Crippen molar-refractivity contribution in [3.63, 3.8) is 0 Å². The van der Waals surface area contributed by atoms with Crippen LogP contribution in [0.1, 0.15) is 47.5 Å². The van der Waals surface area contributed by atoms with Gasteiger partial charge in [0, 0.05) is 16.3 Å². The fourth-order valence-corrected chi connectivity index (χ4v) is 7.86. The second-order valence-electron chi connectivity index (χ2n) is 11.3. The van der Waals surface area contributed by atoms with Crippen LogP contribution in [0.2, 0.25) is 19.6 Å². The first-order valence-electron chi connectivity index (χ1n) is 10.1. The van der Waals surface area contributed by atoms with Crippen molar-refractivity contribution < 1.29 is 14.2 Å². The van der Waals surface area contributed by atoms with Crippen LogP contribution in [0.3, 0.4) is 0 Å². The maximum atomic E-state index is 7.16. The second kappa shape index (κ2) is 5.60. The van der Waals surface area contributed by atoms with E-state index in [9.17, 15) is 0 Å². The highest BCUT2D eigenvalue weighted by Crippen LogP contribution is 2.66. The third-order valence-corrected chi connectivity index (χ3v) is 11.5. The molecule has 2 aliphatic carbocycles. The predicted molar refractivity (Wildman–Crippen MR) is 108 cm³/mol. The van der Waals surface area contributed by atoms with Gasteiger partial charge >= 0.3 is 0 Å². The van der Waals surface area contributed by atoms with Crippen molar-refractivity contribution in [1.82, 2.24) is 0 Å². The Labute approximate surface area is 164 Å². The smallest absolute Gasteiger partial charge is 0.164 e. The summed E-state index contributed by atoms with van der Waals surface area (Å²) in [5, 5.41) is 0.0488. The molecule has 5 heteroatoms. The van der Waals surface area contributed by atoms with E-state index in [-0.39, 0.29) is 34.1 Å². The van der Waals surface area contributed by atoms with Gasteiger partial charge in [-0.3, -0.25) is 0 Å². The summed E-state index contributed by atoms with van der Waals surface area (Å²) in [5.41, 5.74) is 2.95. The minimum Gasteiger partial charge on any atom is -0.373 e. The Morgan fingerprint density at radius 1 is 1.08 bits per heavy atom. The van der Waals surface area contributed by atoms with E-state index in [1.54, 1.807) is 0 Å². The lowest BCUT2D eigenvalue weighted by Crippen LogP contribution is -2.60. The SMILES string of the molecule is CC1(C)O[C@H]2[C@@H](O1)C(C(Cl)[Si](C)(C)C)=C1CO[C@H]3CCC(C)(C)[C@H]2[C@@]13C. The molecule has 3 nitrogen and oxygen atoms in total. The molecular formula is C21H35ClO3Si. The molecule has 0 spiro atoms. The second-order valence-corrected chi connectivity index (χ2v) is 17.4. The van der Waals surface area contributed by atoms with Gasteiger partial charge in [-0.05, 0) is 43.3 Å². The molecule has 4 aliphatic rings. The van der Waals surface area contributed by atoms with Crippen LogP contribution >= 0.6 is 11.6 Å². The fraction of sp³-hybridized carbons (Fsp3) is 0.905. The van der Waals surface area contributed by atoms with E-state index in [2.05, 4.69) is 40.4 Å². The van der Waals surface area contributed by atoms with Crippen molar-refractivity contribution in [2.45, 2.75) is 96.2 Å². The molecule has 1 saturated carbocycles. The lowest BCUT2D eigenvalue weighted by molar-refractivity contribution is -0.171. The molecule has 148 valence electrons. The van der Waals surface area contributed by atoms with Gasteiger partial charge in [-0.1, -0.05) is 40.4 Å². The van der Waals surface area contributed by atoms with Gasteiger partial charge < -0.3 is 14.2 Å². The first-order valence-corrected chi connectivity index (χ1v) is 14.2. The molecule has 2 heterocycles. The zero-order valence-electron chi connectivity index (χ0n) is 17.6. The molecule has 2 saturated heterocycles. The highest BCUT2D eigenvalue weighted by Gasteiger charge is 2.68. The molecule has 26 heavy (non-hydrogen) atoms. The molecule has 6 atom stereocenters. The van der Waals surface area contributed by atoms with Crippen LogP contribution < -0.4 is 0 Å². The molecule has 0 radical (unpaired) electrons. The monoisotopic (exact) mass is 398 g/mol. The average molecular weight is 399 g/mol. The Hall–Kier alpha value is 0.127. The van der Waals surface area contributed by atoms with Gasteiger partial charge in [0.1, 0.15) is 6.10 Å². The number of halogens is 1. The van der Waals surface area contributed by atoms with Crippen molar-refractivity contribution >= 4 is 19.7 Å². The van der Waals surface area contributed by atoms with E-state index in [1.807, 2.05) is 13.8 Å². The van der Waals surface area contributed by atoms with Crippen molar-refractivity contribution in [3.8, 4) is 0 Å². The lowest BCUT2D eigenvalue weighted by Gasteiger charge is -2.57. The highest BCUT2D eigenvalue weighted by atomic mass is 35.5. The van der Waals surface area contributed by atoms with E-state index < -0.39 is 13.9 Å². The summed E-state index contributed by atoms with van der Waals surface area (Å²) in [5.74, 6) is -0.164. The Kier molecular flexibility index (Phi) is 4.18. The fourth-order valence-electron chi connectivity index (χ4n) is 6.34. The topological polar surface area (TPSA) is 27.7 Å². The van der Waals surface area contributed by atoms with Crippen molar-refractivity contribution in [1.29, 1.82) is 0 Å². The summed E-state index contributed by atoms with van der Waals surface area (Å²) >= 11 is 7.16. The largest absolute Gasteiger partial charge is 0.373 e. The molecule has 4 rings (SSSR count). The van der Waals surface area contributed by atoms with Gasteiger partial charge in [-0.15, -0.1) is 11.6 Å². The number of fused-ring (bicyclic) bond motifs is 2. The molecule has 0 aromatic heterocycles. The normalized spacial score (nSPS) is 44.7. The Bertz CT molecular complexity index is 650. The van der Waals surface area contributed by atoms with Crippen molar-refractivity contribution in [2.75, 3.05) is 6.61 Å². The molecule has 0 bridgehead atoms. The van der Waals surface area contributed by atoms with Crippen molar-refractivity contribution in [3.05, 3.63) is 11.1 Å². The van der Waals surface area contributed by atoms with E-state index in [0.29, 0.717) is 12.5 Å². The van der Waals surface area contributed by atoms with Crippen LogP contribution in [0, 0.1) is 16.7 Å². The standard InChI is InChI=1S/C21H35ClO3Si/c1-19(2)10-9-13-21(5)12(11-23-13)14(18(22)26(6,7)8)15-16(17(19)21)25-20(3,4)24-15/h13,15-18H,9-11H2,1-8H3/t13-,15-,16-,17-,18?,21-/m0/s1. The maximum Gasteiger partial charge on any atom is 0.164 e. The number of ether oxygens (including phenoxy) is 3. The van der Waals surface area contributed by atoms with Crippen LogP contribution in [0.15, 0.2) is 11.1 Å². The minimum atomic E-state index is -1.60. The highest BCUT2D eigenvalue weighted by molar-refractivity contribution is 6.84. The molecule has 0 N–H and O–H groups in total. The average Bonchev–Trinajstić information content (AvgIpc) is 2.95. The summed E-state index contributed by atoms with van der Waals surface area (Å²) in [4.78, 5) is 0. The number of hydrogen-bond donors (Lipinski definition) is 0. The van der Waals surface area contributed by atoms with Gasteiger partial charge in [0.25, 0.3) is 0 Å². The molecule has 0 aromatic carbocycles. The Balaban J connectivity index is 1.94. The number of alkyl halides is 1. The number of rotatable bonds is 2. The summed E-state index contributed by atoms with van der Waals surface area (Å²) in [6.07, 6.45) is 2.60. The molecule has 0 amide bonds. The quantitative estimate of drug-likeness (QED) is 0.366. The summed E-state index contributed by atoms with van der Waals surface area (Å²) < 4.78 is 19.5.